The number of hydrogen-bond donors (Lipinski definition) is 0. The predicted molar refractivity (Wildman–Crippen MR) is 106 cm³/mol. The van der Waals surface area contributed by atoms with E-state index in [0.717, 1.165) is 11.1 Å². The molecule has 3 rings (SSSR count). The van der Waals surface area contributed by atoms with Crippen LogP contribution >= 0.6 is 0 Å². The number of halogens is 3. The normalized spacial score (nSPS) is 11.4. The molecular formula is C23H20F3NO3. The van der Waals surface area contributed by atoms with E-state index >= 15 is 0 Å². The fourth-order valence-electron chi connectivity index (χ4n) is 3.33. The van der Waals surface area contributed by atoms with Crippen LogP contribution < -0.4 is 0 Å². The van der Waals surface area contributed by atoms with E-state index in [9.17, 15) is 22.8 Å². The Morgan fingerprint density at radius 3 is 2.23 bits per heavy atom. The van der Waals surface area contributed by atoms with Crippen LogP contribution in [-0.2, 0) is 11.2 Å². The van der Waals surface area contributed by atoms with Gasteiger partial charge in [-0.2, -0.15) is 13.2 Å². The van der Waals surface area contributed by atoms with E-state index in [4.69, 9.17) is 0 Å². The summed E-state index contributed by atoms with van der Waals surface area (Å²) < 4.78 is 42.7. The van der Waals surface area contributed by atoms with Crippen molar-refractivity contribution in [1.82, 2.24) is 4.57 Å². The fraction of sp³-hybridized carbons (Fsp3) is 0.217. The van der Waals surface area contributed by atoms with Crippen LogP contribution in [0.4, 0.5) is 13.2 Å². The number of benzene rings is 2. The minimum atomic E-state index is -4.62. The lowest BCUT2D eigenvalue weighted by Crippen LogP contribution is -2.21. The second-order valence-corrected chi connectivity index (χ2v) is 6.94. The highest BCUT2D eigenvalue weighted by Crippen LogP contribution is 2.22. The molecule has 0 unspecified atom stereocenters. The van der Waals surface area contributed by atoms with Gasteiger partial charge in [0.15, 0.2) is 6.61 Å². The number of esters is 1. The summed E-state index contributed by atoms with van der Waals surface area (Å²) in [6.45, 7) is 1.45. The molecule has 0 N–H and O–H groups in total. The van der Waals surface area contributed by atoms with Gasteiger partial charge in [0.1, 0.15) is 0 Å². The highest BCUT2D eigenvalue weighted by atomic mass is 19.4. The first-order valence-corrected chi connectivity index (χ1v) is 9.26. The van der Waals surface area contributed by atoms with Crippen molar-refractivity contribution in [1.29, 1.82) is 0 Å². The van der Waals surface area contributed by atoms with Gasteiger partial charge in [0, 0.05) is 17.0 Å². The lowest BCUT2D eigenvalue weighted by atomic mass is 9.99. The van der Waals surface area contributed by atoms with E-state index in [1.807, 2.05) is 42.5 Å². The Labute approximate surface area is 171 Å². The molecule has 0 fully saturated rings. The fourth-order valence-corrected chi connectivity index (χ4v) is 3.33. The molecule has 0 atom stereocenters. The minimum Gasteiger partial charge on any atom is -0.452 e. The van der Waals surface area contributed by atoms with Gasteiger partial charge in [-0.25, -0.2) is 4.79 Å². The number of rotatable bonds is 5. The molecule has 0 saturated carbocycles. The Morgan fingerprint density at radius 2 is 1.57 bits per heavy atom. The standard InChI is InChI=1S/C23H20F3NO3/c1-15-12-20(22(29)30-14-23(24,25)26)16(2)27(15)21(28)19-11-7-6-10-18(19)13-17-8-4-3-5-9-17/h3-12H,13-14H2,1-2H3. The summed E-state index contributed by atoms with van der Waals surface area (Å²) in [6.07, 6.45) is -4.07. The van der Waals surface area contributed by atoms with Crippen molar-refractivity contribution >= 4 is 11.9 Å². The van der Waals surface area contributed by atoms with Gasteiger partial charge in [0.05, 0.1) is 5.56 Å². The topological polar surface area (TPSA) is 48.3 Å². The van der Waals surface area contributed by atoms with E-state index in [0.29, 0.717) is 17.7 Å². The molecule has 2 aromatic carbocycles. The van der Waals surface area contributed by atoms with Crippen LogP contribution in [0.25, 0.3) is 0 Å². The Kier molecular flexibility index (Phi) is 6.10. The summed E-state index contributed by atoms with van der Waals surface area (Å²) in [5, 5.41) is 0. The molecule has 30 heavy (non-hydrogen) atoms. The third-order valence-electron chi connectivity index (χ3n) is 4.71. The molecule has 0 amide bonds. The summed E-state index contributed by atoms with van der Waals surface area (Å²) in [5.74, 6) is -1.47. The van der Waals surface area contributed by atoms with Crippen molar-refractivity contribution in [2.45, 2.75) is 26.4 Å². The van der Waals surface area contributed by atoms with Gasteiger partial charge < -0.3 is 4.74 Å². The number of aryl methyl sites for hydroxylation is 1. The number of alkyl halides is 3. The Balaban J connectivity index is 1.91. The molecule has 1 heterocycles. The first kappa shape index (κ1) is 21.4. The summed E-state index contributed by atoms with van der Waals surface area (Å²) in [6, 6.07) is 18.2. The first-order chi connectivity index (χ1) is 14.2. The molecule has 0 bridgehead atoms. The van der Waals surface area contributed by atoms with E-state index in [-0.39, 0.29) is 17.2 Å². The zero-order valence-corrected chi connectivity index (χ0v) is 16.5. The van der Waals surface area contributed by atoms with E-state index in [1.54, 1.807) is 19.1 Å². The van der Waals surface area contributed by atoms with Crippen LogP contribution in [0, 0.1) is 13.8 Å². The van der Waals surface area contributed by atoms with Crippen molar-refractivity contribution in [3.05, 3.63) is 94.3 Å². The molecule has 156 valence electrons. The van der Waals surface area contributed by atoms with Crippen LogP contribution in [-0.4, -0.2) is 29.2 Å². The maximum atomic E-state index is 13.3. The van der Waals surface area contributed by atoms with Crippen molar-refractivity contribution in [3.8, 4) is 0 Å². The maximum Gasteiger partial charge on any atom is 0.422 e. The van der Waals surface area contributed by atoms with Gasteiger partial charge in [-0.3, -0.25) is 9.36 Å². The molecule has 7 heteroatoms. The molecule has 4 nitrogen and oxygen atoms in total. The lowest BCUT2D eigenvalue weighted by molar-refractivity contribution is -0.161. The van der Waals surface area contributed by atoms with Crippen LogP contribution in [0.1, 0.15) is 43.2 Å². The van der Waals surface area contributed by atoms with E-state index < -0.39 is 18.8 Å². The van der Waals surface area contributed by atoms with Crippen LogP contribution in [0.2, 0.25) is 0 Å². The average Bonchev–Trinajstić information content (AvgIpc) is 3.00. The number of ether oxygens (including phenoxy) is 1. The molecular weight excluding hydrogens is 395 g/mol. The number of aromatic nitrogens is 1. The van der Waals surface area contributed by atoms with E-state index in [2.05, 4.69) is 4.74 Å². The molecule has 0 aliphatic rings. The monoisotopic (exact) mass is 415 g/mol. The molecule has 3 aromatic rings. The third-order valence-corrected chi connectivity index (χ3v) is 4.71. The van der Waals surface area contributed by atoms with Gasteiger partial charge in [-0.1, -0.05) is 48.5 Å². The Hall–Kier alpha value is -3.35. The van der Waals surface area contributed by atoms with Gasteiger partial charge in [-0.15, -0.1) is 0 Å². The number of carbonyl (C=O) groups is 2. The van der Waals surface area contributed by atoms with E-state index in [1.165, 1.54) is 17.6 Å². The Bertz CT molecular complexity index is 1070. The molecule has 0 saturated heterocycles. The van der Waals surface area contributed by atoms with Gasteiger partial charge >= 0.3 is 12.1 Å². The van der Waals surface area contributed by atoms with Gasteiger partial charge in [-0.05, 0) is 43.5 Å². The minimum absolute atomic E-state index is 0.0642. The highest BCUT2D eigenvalue weighted by molar-refractivity contribution is 6.00. The van der Waals surface area contributed by atoms with Crippen LogP contribution in [0.3, 0.4) is 0 Å². The summed E-state index contributed by atoms with van der Waals surface area (Å²) >= 11 is 0. The molecule has 0 aliphatic carbocycles. The zero-order chi connectivity index (χ0) is 21.9. The maximum absolute atomic E-state index is 13.3. The number of hydrogen-bond acceptors (Lipinski definition) is 3. The lowest BCUT2D eigenvalue weighted by Gasteiger charge is -2.13. The largest absolute Gasteiger partial charge is 0.452 e. The second-order valence-electron chi connectivity index (χ2n) is 6.94. The van der Waals surface area contributed by atoms with Crippen molar-refractivity contribution in [2.24, 2.45) is 0 Å². The molecule has 1 aromatic heterocycles. The average molecular weight is 415 g/mol. The van der Waals surface area contributed by atoms with Gasteiger partial charge in [0.2, 0.25) is 0 Å². The third kappa shape index (κ3) is 4.79. The van der Waals surface area contributed by atoms with Crippen molar-refractivity contribution < 1.29 is 27.5 Å². The molecule has 0 spiro atoms. The van der Waals surface area contributed by atoms with Gasteiger partial charge in [0.25, 0.3) is 5.91 Å². The highest BCUT2D eigenvalue weighted by Gasteiger charge is 2.31. The SMILES string of the molecule is Cc1cc(C(=O)OCC(F)(F)F)c(C)n1C(=O)c1ccccc1Cc1ccccc1. The first-order valence-electron chi connectivity index (χ1n) is 9.26. The summed E-state index contributed by atoms with van der Waals surface area (Å²) in [7, 11) is 0. The second kappa shape index (κ2) is 8.57. The smallest absolute Gasteiger partial charge is 0.422 e. The summed E-state index contributed by atoms with van der Waals surface area (Å²) in [4.78, 5) is 25.4. The van der Waals surface area contributed by atoms with Crippen molar-refractivity contribution in [2.75, 3.05) is 6.61 Å². The predicted octanol–water partition coefficient (Wildman–Crippen LogP) is 5.10. The number of nitrogens with zero attached hydrogens (tertiary/aromatic N) is 1. The Morgan fingerprint density at radius 1 is 0.933 bits per heavy atom. The molecule has 0 aliphatic heterocycles. The summed E-state index contributed by atoms with van der Waals surface area (Å²) in [5.41, 5.74) is 2.91. The van der Waals surface area contributed by atoms with Crippen LogP contribution in [0.15, 0.2) is 60.7 Å². The quantitative estimate of drug-likeness (QED) is 0.545. The molecule has 0 radical (unpaired) electrons. The van der Waals surface area contributed by atoms with Crippen molar-refractivity contribution in [3.63, 3.8) is 0 Å². The number of carbonyl (C=O) groups excluding carboxylic acids is 2. The zero-order valence-electron chi connectivity index (χ0n) is 16.5. The van der Waals surface area contributed by atoms with Crippen LogP contribution in [0.5, 0.6) is 0 Å².